The zero-order valence-electron chi connectivity index (χ0n) is 6.39. The monoisotopic (exact) mass is 194 g/mol. The van der Waals surface area contributed by atoms with Crippen LogP contribution in [-0.2, 0) is 9.59 Å². The Labute approximate surface area is 74.4 Å². The van der Waals surface area contributed by atoms with Gasteiger partial charge < -0.3 is 15.3 Å². The lowest BCUT2D eigenvalue weighted by Gasteiger charge is -2.19. The summed E-state index contributed by atoms with van der Waals surface area (Å²) in [7, 11) is 0. The molecular formula is C6H10O5S. The van der Waals surface area contributed by atoms with Crippen LogP contribution in [0.1, 0.15) is 6.92 Å². The van der Waals surface area contributed by atoms with Gasteiger partial charge >= 0.3 is 0 Å². The molecule has 0 rings (SSSR count). The van der Waals surface area contributed by atoms with Crippen molar-refractivity contribution in [1.29, 1.82) is 0 Å². The normalized spacial score (nSPS) is 18.1. The number of carbonyl (C=O) groups excluding carboxylic acids is 2. The molecule has 70 valence electrons. The van der Waals surface area contributed by atoms with Gasteiger partial charge in [-0.2, -0.15) is 0 Å². The highest BCUT2D eigenvalue weighted by Crippen LogP contribution is 2.11. The van der Waals surface area contributed by atoms with E-state index in [1.54, 1.807) is 0 Å². The molecule has 0 aliphatic carbocycles. The van der Waals surface area contributed by atoms with E-state index in [4.69, 9.17) is 15.3 Å². The number of hydrogen-bond donors (Lipinski definition) is 4. The number of rotatable bonds is 4. The number of aliphatic hydroxyl groups is 3. The molecule has 0 aliphatic heterocycles. The molecule has 0 radical (unpaired) electrons. The van der Waals surface area contributed by atoms with Crippen molar-refractivity contribution in [2.24, 2.45) is 0 Å². The van der Waals surface area contributed by atoms with Crippen LogP contribution in [0.15, 0.2) is 0 Å². The minimum atomic E-state index is -2.34. The molecule has 0 heterocycles. The summed E-state index contributed by atoms with van der Waals surface area (Å²) >= 11 is 3.25. The van der Waals surface area contributed by atoms with Gasteiger partial charge in [0.1, 0.15) is 6.10 Å². The predicted molar refractivity (Wildman–Crippen MR) is 42.7 cm³/mol. The quantitative estimate of drug-likeness (QED) is 0.310. The average molecular weight is 194 g/mol. The molecule has 0 saturated heterocycles. The van der Waals surface area contributed by atoms with Crippen molar-refractivity contribution in [2.45, 2.75) is 18.6 Å². The van der Waals surface area contributed by atoms with E-state index < -0.39 is 29.2 Å². The fourth-order valence-corrected chi connectivity index (χ4v) is 0.623. The highest BCUT2D eigenvalue weighted by atomic mass is 32.1. The topological polar surface area (TPSA) is 94.8 Å². The second-order valence-electron chi connectivity index (χ2n) is 2.44. The SMILES string of the molecule is CC(O)(C(=O)S)C(=O)C(O)CO. The summed E-state index contributed by atoms with van der Waals surface area (Å²) in [4.78, 5) is 21.4. The van der Waals surface area contributed by atoms with Crippen molar-refractivity contribution in [1.82, 2.24) is 0 Å². The van der Waals surface area contributed by atoms with Crippen LogP contribution in [0.5, 0.6) is 0 Å². The van der Waals surface area contributed by atoms with Crippen LogP contribution in [-0.4, -0.2) is 44.5 Å². The molecule has 0 spiro atoms. The summed E-state index contributed by atoms with van der Waals surface area (Å²) in [5.74, 6) is -1.16. The van der Waals surface area contributed by atoms with Crippen LogP contribution in [0.2, 0.25) is 0 Å². The maximum Gasteiger partial charge on any atom is 0.224 e. The van der Waals surface area contributed by atoms with Gasteiger partial charge in [0.05, 0.1) is 6.61 Å². The minimum Gasteiger partial charge on any atom is -0.393 e. The third-order valence-corrected chi connectivity index (χ3v) is 1.81. The molecule has 0 amide bonds. The van der Waals surface area contributed by atoms with Gasteiger partial charge in [-0.25, -0.2) is 0 Å². The number of thiol groups is 1. The summed E-state index contributed by atoms with van der Waals surface area (Å²) in [6, 6.07) is 0. The fraction of sp³-hybridized carbons (Fsp3) is 0.667. The molecule has 2 unspecified atom stereocenters. The predicted octanol–water partition coefficient (Wildman–Crippen LogP) is -1.88. The lowest BCUT2D eigenvalue weighted by Crippen LogP contribution is -2.48. The van der Waals surface area contributed by atoms with Crippen LogP contribution < -0.4 is 0 Å². The molecule has 0 aromatic carbocycles. The maximum atomic E-state index is 10.9. The van der Waals surface area contributed by atoms with Crippen molar-refractivity contribution >= 4 is 23.5 Å². The first-order valence-electron chi connectivity index (χ1n) is 3.13. The van der Waals surface area contributed by atoms with E-state index in [-0.39, 0.29) is 0 Å². The number of Topliss-reactive ketones (excluding diaryl/α,β-unsaturated/α-hetero) is 1. The molecule has 0 saturated carbocycles. The van der Waals surface area contributed by atoms with E-state index in [0.717, 1.165) is 6.92 Å². The van der Waals surface area contributed by atoms with Gasteiger partial charge in [-0.3, -0.25) is 9.59 Å². The van der Waals surface area contributed by atoms with Crippen molar-refractivity contribution in [3.8, 4) is 0 Å². The first-order valence-corrected chi connectivity index (χ1v) is 3.57. The third kappa shape index (κ3) is 2.28. The van der Waals surface area contributed by atoms with Crippen LogP contribution in [0.3, 0.4) is 0 Å². The van der Waals surface area contributed by atoms with E-state index in [1.807, 2.05) is 0 Å². The van der Waals surface area contributed by atoms with Gasteiger partial charge in [-0.15, -0.1) is 12.6 Å². The van der Waals surface area contributed by atoms with Gasteiger partial charge in [0, 0.05) is 0 Å². The van der Waals surface area contributed by atoms with E-state index >= 15 is 0 Å². The Bertz CT molecular complexity index is 200. The molecule has 2 atom stereocenters. The van der Waals surface area contributed by atoms with Crippen molar-refractivity contribution in [2.75, 3.05) is 6.61 Å². The number of aliphatic hydroxyl groups excluding tert-OH is 2. The summed E-state index contributed by atoms with van der Waals surface area (Å²) in [5.41, 5.74) is -2.34. The number of hydrogen-bond acceptors (Lipinski definition) is 5. The van der Waals surface area contributed by atoms with Crippen molar-refractivity contribution in [3.05, 3.63) is 0 Å². The highest BCUT2D eigenvalue weighted by Gasteiger charge is 2.39. The van der Waals surface area contributed by atoms with Crippen LogP contribution >= 0.6 is 12.6 Å². The Hall–Kier alpha value is -0.430. The zero-order chi connectivity index (χ0) is 9.94. The number of carbonyl (C=O) groups is 2. The lowest BCUT2D eigenvalue weighted by molar-refractivity contribution is -0.151. The molecule has 0 fully saturated rings. The standard InChI is InChI=1S/C6H10O5S/c1-6(11,5(10)12)4(9)3(8)2-7/h3,7-8,11H,2H2,1H3,(H,10,12). The molecule has 0 aliphatic rings. The van der Waals surface area contributed by atoms with E-state index in [1.165, 1.54) is 0 Å². The summed E-state index contributed by atoms with van der Waals surface area (Å²) < 4.78 is 0. The largest absolute Gasteiger partial charge is 0.393 e. The van der Waals surface area contributed by atoms with Crippen LogP contribution in [0.4, 0.5) is 0 Å². The minimum absolute atomic E-state index is 0.837. The molecule has 0 bridgehead atoms. The number of ketones is 1. The molecule has 5 nitrogen and oxygen atoms in total. The van der Waals surface area contributed by atoms with Gasteiger partial charge in [-0.1, -0.05) is 0 Å². The first-order chi connectivity index (χ1) is 5.34. The Morgan fingerprint density at radius 1 is 1.58 bits per heavy atom. The Kier molecular flexibility index (Phi) is 3.85. The molecule has 6 heteroatoms. The molecule has 0 aromatic heterocycles. The van der Waals surface area contributed by atoms with Gasteiger partial charge in [0.2, 0.25) is 10.9 Å². The Morgan fingerprint density at radius 3 is 2.25 bits per heavy atom. The van der Waals surface area contributed by atoms with Gasteiger partial charge in [0.15, 0.2) is 5.60 Å². The summed E-state index contributed by atoms with van der Waals surface area (Å²) in [5, 5.41) is 25.1. The summed E-state index contributed by atoms with van der Waals surface area (Å²) in [6.07, 6.45) is -1.75. The van der Waals surface area contributed by atoms with Gasteiger partial charge in [-0.05, 0) is 6.92 Å². The molecule has 3 N–H and O–H groups in total. The highest BCUT2D eigenvalue weighted by molar-refractivity contribution is 7.97. The van der Waals surface area contributed by atoms with Crippen molar-refractivity contribution < 1.29 is 24.9 Å². The van der Waals surface area contributed by atoms with Crippen LogP contribution in [0.25, 0.3) is 0 Å². The Balaban J connectivity index is 4.57. The third-order valence-electron chi connectivity index (χ3n) is 1.37. The van der Waals surface area contributed by atoms with Crippen LogP contribution in [0, 0.1) is 0 Å². The first kappa shape index (κ1) is 11.6. The van der Waals surface area contributed by atoms with Crippen molar-refractivity contribution in [3.63, 3.8) is 0 Å². The maximum absolute atomic E-state index is 10.9. The Morgan fingerprint density at radius 2 is 2.00 bits per heavy atom. The van der Waals surface area contributed by atoms with Gasteiger partial charge in [0.25, 0.3) is 0 Å². The summed E-state index contributed by atoms with van der Waals surface area (Å²) in [6.45, 7) is 0.0690. The molecule has 12 heavy (non-hydrogen) atoms. The van der Waals surface area contributed by atoms with E-state index in [0.29, 0.717) is 0 Å². The fourth-order valence-electron chi connectivity index (χ4n) is 0.513. The molecular weight excluding hydrogens is 184 g/mol. The smallest absolute Gasteiger partial charge is 0.224 e. The second kappa shape index (κ2) is 3.99. The average Bonchev–Trinajstić information content (AvgIpc) is 2.01. The molecule has 0 aromatic rings. The van der Waals surface area contributed by atoms with E-state index in [9.17, 15) is 9.59 Å². The zero-order valence-corrected chi connectivity index (χ0v) is 7.28. The second-order valence-corrected chi connectivity index (χ2v) is 2.85. The van der Waals surface area contributed by atoms with E-state index in [2.05, 4.69) is 12.6 Å². The lowest BCUT2D eigenvalue weighted by atomic mass is 9.98.